The molecule has 1 aliphatic heterocycles. The van der Waals surface area contributed by atoms with E-state index in [4.69, 9.17) is 17.3 Å². The van der Waals surface area contributed by atoms with E-state index in [-0.39, 0.29) is 18.6 Å². The van der Waals surface area contributed by atoms with Crippen molar-refractivity contribution >= 4 is 34.4 Å². The molecule has 8 nitrogen and oxygen atoms in total. The number of rotatable bonds is 7. The van der Waals surface area contributed by atoms with Crippen LogP contribution in [0.1, 0.15) is 37.3 Å². The molecule has 3 heterocycles. The van der Waals surface area contributed by atoms with Gasteiger partial charge in [-0.1, -0.05) is 23.7 Å². The molecular weight excluding hydrogens is 416 g/mol. The summed E-state index contributed by atoms with van der Waals surface area (Å²) in [5.41, 5.74) is 7.24. The van der Waals surface area contributed by atoms with Gasteiger partial charge in [-0.25, -0.2) is 9.97 Å². The molecule has 0 spiro atoms. The van der Waals surface area contributed by atoms with E-state index in [0.717, 1.165) is 10.9 Å². The molecule has 0 saturated carbocycles. The molecule has 1 unspecified atom stereocenters. The standard InChI is InChI=1S/C22H27ClN6O2/c23-16-5-3-15(4-6-16)18(2-1-13-30)29(21(31)22(24)8-11-25-12-9-22)20-17-7-10-26-19(17)27-14-28-20/h3-7,10,14,18,25,30H,1-2,8-9,11-13,24H2,(H,26,27,28). The number of benzene rings is 1. The van der Waals surface area contributed by atoms with Crippen LogP contribution < -0.4 is 16.0 Å². The number of aliphatic hydroxyl groups excluding tert-OH is 1. The van der Waals surface area contributed by atoms with Crippen LogP contribution >= 0.6 is 11.6 Å². The fourth-order valence-electron chi connectivity index (χ4n) is 4.18. The number of hydrogen-bond acceptors (Lipinski definition) is 6. The number of carbonyl (C=O) groups is 1. The molecular formula is C22H27ClN6O2. The highest BCUT2D eigenvalue weighted by Crippen LogP contribution is 2.36. The van der Waals surface area contributed by atoms with Crippen molar-refractivity contribution in [3.63, 3.8) is 0 Å². The second kappa shape index (κ2) is 9.32. The average molecular weight is 443 g/mol. The molecule has 1 saturated heterocycles. The predicted octanol–water partition coefficient (Wildman–Crippen LogP) is 2.54. The van der Waals surface area contributed by atoms with Gasteiger partial charge in [0.15, 0.2) is 0 Å². The third-order valence-electron chi connectivity index (χ3n) is 5.90. The van der Waals surface area contributed by atoms with Crippen LogP contribution in [0.4, 0.5) is 5.82 Å². The van der Waals surface area contributed by atoms with Gasteiger partial charge in [0, 0.05) is 17.8 Å². The Bertz CT molecular complexity index is 1030. The maximum Gasteiger partial charge on any atom is 0.248 e. The number of hydrogen-bond donors (Lipinski definition) is 4. The Morgan fingerprint density at radius 3 is 2.68 bits per heavy atom. The Labute approximate surface area is 185 Å². The first-order valence-electron chi connectivity index (χ1n) is 10.5. The highest BCUT2D eigenvalue weighted by atomic mass is 35.5. The van der Waals surface area contributed by atoms with E-state index in [2.05, 4.69) is 20.3 Å². The minimum absolute atomic E-state index is 0.0210. The molecule has 31 heavy (non-hydrogen) atoms. The van der Waals surface area contributed by atoms with Gasteiger partial charge in [0.1, 0.15) is 17.8 Å². The van der Waals surface area contributed by atoms with E-state index >= 15 is 0 Å². The lowest BCUT2D eigenvalue weighted by Gasteiger charge is -2.40. The Hall–Kier alpha value is -2.52. The number of nitrogens with one attached hydrogen (secondary N) is 2. The second-order valence-corrected chi connectivity index (χ2v) is 8.39. The number of aliphatic hydroxyl groups is 1. The van der Waals surface area contributed by atoms with E-state index in [1.807, 2.05) is 18.2 Å². The largest absolute Gasteiger partial charge is 0.396 e. The van der Waals surface area contributed by atoms with Crippen LogP contribution in [-0.4, -0.2) is 51.2 Å². The first-order chi connectivity index (χ1) is 15.0. The molecule has 5 N–H and O–H groups in total. The van der Waals surface area contributed by atoms with Crippen LogP contribution in [0, 0.1) is 0 Å². The van der Waals surface area contributed by atoms with Crippen molar-refractivity contribution < 1.29 is 9.90 Å². The van der Waals surface area contributed by atoms with Crippen molar-refractivity contribution in [1.29, 1.82) is 0 Å². The lowest BCUT2D eigenvalue weighted by molar-refractivity contribution is -0.125. The van der Waals surface area contributed by atoms with Crippen molar-refractivity contribution in [2.45, 2.75) is 37.3 Å². The summed E-state index contributed by atoms with van der Waals surface area (Å²) < 4.78 is 0. The molecule has 2 aromatic heterocycles. The highest BCUT2D eigenvalue weighted by Gasteiger charge is 2.42. The lowest BCUT2D eigenvalue weighted by atomic mass is 9.86. The van der Waals surface area contributed by atoms with E-state index < -0.39 is 5.54 Å². The molecule has 164 valence electrons. The molecule has 1 atom stereocenters. The number of nitrogens with zero attached hydrogens (tertiary/aromatic N) is 3. The topological polar surface area (TPSA) is 120 Å². The fraction of sp³-hybridized carbons (Fsp3) is 0.409. The normalized spacial score (nSPS) is 16.9. The highest BCUT2D eigenvalue weighted by molar-refractivity contribution is 6.30. The molecule has 4 rings (SSSR count). The molecule has 1 fully saturated rings. The van der Waals surface area contributed by atoms with Crippen molar-refractivity contribution in [3.05, 3.63) is 53.4 Å². The zero-order valence-corrected chi connectivity index (χ0v) is 18.0. The Kier molecular flexibility index (Phi) is 6.52. The summed E-state index contributed by atoms with van der Waals surface area (Å²) in [5.74, 6) is 0.339. The van der Waals surface area contributed by atoms with Crippen molar-refractivity contribution in [1.82, 2.24) is 20.3 Å². The number of fused-ring (bicyclic) bond motifs is 1. The number of carbonyl (C=O) groups excluding carboxylic acids is 1. The number of aromatic nitrogens is 3. The number of anilines is 1. The van der Waals surface area contributed by atoms with Crippen molar-refractivity contribution in [2.75, 3.05) is 24.6 Å². The summed E-state index contributed by atoms with van der Waals surface area (Å²) in [6.45, 7) is 1.39. The first kappa shape index (κ1) is 21.7. The molecule has 0 radical (unpaired) electrons. The first-order valence-corrected chi connectivity index (χ1v) is 10.9. The van der Waals surface area contributed by atoms with Crippen LogP contribution in [0.15, 0.2) is 42.9 Å². The smallest absolute Gasteiger partial charge is 0.248 e. The zero-order valence-electron chi connectivity index (χ0n) is 17.2. The van der Waals surface area contributed by atoms with Gasteiger partial charge in [0.25, 0.3) is 0 Å². The molecule has 1 aromatic carbocycles. The summed E-state index contributed by atoms with van der Waals surface area (Å²) in [4.78, 5) is 27.6. The number of H-pyrrole nitrogens is 1. The molecule has 1 aliphatic rings. The number of nitrogens with two attached hydrogens (primary N) is 1. The number of aromatic amines is 1. The number of halogens is 1. The molecule has 1 amide bonds. The maximum absolute atomic E-state index is 14.0. The second-order valence-electron chi connectivity index (χ2n) is 7.95. The van der Waals surface area contributed by atoms with Gasteiger partial charge < -0.3 is 21.1 Å². The van der Waals surface area contributed by atoms with Gasteiger partial charge in [0.2, 0.25) is 5.91 Å². The van der Waals surface area contributed by atoms with Crippen molar-refractivity contribution in [3.8, 4) is 0 Å². The van der Waals surface area contributed by atoms with Gasteiger partial charge >= 0.3 is 0 Å². The summed E-state index contributed by atoms with van der Waals surface area (Å²) in [7, 11) is 0. The van der Waals surface area contributed by atoms with E-state index in [1.54, 1.807) is 23.2 Å². The SMILES string of the molecule is NC1(C(=O)N(c2ncnc3[nH]ccc23)C(CCCO)c2ccc(Cl)cc2)CCNCC1. The third-order valence-corrected chi connectivity index (χ3v) is 6.16. The monoisotopic (exact) mass is 442 g/mol. The summed E-state index contributed by atoms with van der Waals surface area (Å²) >= 11 is 6.11. The van der Waals surface area contributed by atoms with E-state index in [0.29, 0.717) is 55.3 Å². The Balaban J connectivity index is 1.86. The van der Waals surface area contributed by atoms with Gasteiger partial charge in [-0.3, -0.25) is 9.69 Å². The van der Waals surface area contributed by atoms with Crippen LogP contribution in [-0.2, 0) is 4.79 Å². The minimum atomic E-state index is -0.997. The van der Waals surface area contributed by atoms with E-state index in [1.165, 1.54) is 6.33 Å². The molecule has 0 bridgehead atoms. The predicted molar refractivity (Wildman–Crippen MR) is 121 cm³/mol. The number of amides is 1. The van der Waals surface area contributed by atoms with Gasteiger partial charge in [-0.2, -0.15) is 0 Å². The average Bonchev–Trinajstić information content (AvgIpc) is 3.27. The fourth-order valence-corrected chi connectivity index (χ4v) is 4.30. The Morgan fingerprint density at radius 1 is 1.23 bits per heavy atom. The zero-order chi connectivity index (χ0) is 21.8. The van der Waals surface area contributed by atoms with Gasteiger partial charge in [-0.05, 0) is 62.5 Å². The van der Waals surface area contributed by atoms with Gasteiger partial charge in [-0.15, -0.1) is 0 Å². The summed E-state index contributed by atoms with van der Waals surface area (Å²) in [6.07, 6.45) is 5.38. The summed E-state index contributed by atoms with van der Waals surface area (Å²) in [5, 5.41) is 14.2. The van der Waals surface area contributed by atoms with Crippen molar-refractivity contribution in [2.24, 2.45) is 5.73 Å². The molecule has 3 aromatic rings. The molecule has 9 heteroatoms. The van der Waals surface area contributed by atoms with Crippen LogP contribution in [0.3, 0.4) is 0 Å². The van der Waals surface area contributed by atoms with Crippen LogP contribution in [0.25, 0.3) is 11.0 Å². The quantitative estimate of drug-likeness (QED) is 0.446. The Morgan fingerprint density at radius 2 is 1.97 bits per heavy atom. The summed E-state index contributed by atoms with van der Waals surface area (Å²) in [6, 6.07) is 8.93. The van der Waals surface area contributed by atoms with Crippen LogP contribution in [0.2, 0.25) is 5.02 Å². The van der Waals surface area contributed by atoms with E-state index in [9.17, 15) is 9.90 Å². The van der Waals surface area contributed by atoms with Gasteiger partial charge in [0.05, 0.1) is 17.0 Å². The number of piperidine rings is 1. The lowest BCUT2D eigenvalue weighted by Crippen LogP contribution is -2.60. The minimum Gasteiger partial charge on any atom is -0.396 e. The maximum atomic E-state index is 14.0. The third kappa shape index (κ3) is 4.43. The van der Waals surface area contributed by atoms with Crippen LogP contribution in [0.5, 0.6) is 0 Å². The molecule has 0 aliphatic carbocycles.